The van der Waals surface area contributed by atoms with E-state index in [2.05, 4.69) is 12.1 Å². The minimum absolute atomic E-state index is 0.254. The SMILES string of the molecule is CC(C)(C)OC(=O)c1cccc(C2=CC3CCC(C2)O3)c1. The molecule has 0 N–H and O–H groups in total. The smallest absolute Gasteiger partial charge is 0.338 e. The first kappa shape index (κ1) is 14.3. The van der Waals surface area contributed by atoms with Gasteiger partial charge < -0.3 is 9.47 Å². The van der Waals surface area contributed by atoms with Crippen LogP contribution in [0.15, 0.2) is 30.3 Å². The fraction of sp³-hybridized carbons (Fsp3) is 0.500. The Balaban J connectivity index is 1.82. The van der Waals surface area contributed by atoms with Gasteiger partial charge in [-0.3, -0.25) is 0 Å². The Hall–Kier alpha value is -1.61. The van der Waals surface area contributed by atoms with E-state index in [1.807, 2.05) is 39.0 Å². The number of esters is 1. The maximum atomic E-state index is 12.2. The van der Waals surface area contributed by atoms with Crippen LogP contribution in [0, 0.1) is 0 Å². The molecule has 3 rings (SSSR count). The highest BCUT2D eigenvalue weighted by Crippen LogP contribution is 2.36. The van der Waals surface area contributed by atoms with Crippen LogP contribution in [0.3, 0.4) is 0 Å². The van der Waals surface area contributed by atoms with E-state index in [1.54, 1.807) is 0 Å². The highest BCUT2D eigenvalue weighted by atomic mass is 16.6. The van der Waals surface area contributed by atoms with Gasteiger partial charge in [0.1, 0.15) is 5.60 Å². The number of benzene rings is 1. The van der Waals surface area contributed by atoms with Crippen LogP contribution in [0.1, 0.15) is 56.0 Å². The van der Waals surface area contributed by atoms with E-state index in [0.29, 0.717) is 11.7 Å². The largest absolute Gasteiger partial charge is 0.456 e. The van der Waals surface area contributed by atoms with Crippen molar-refractivity contribution in [3.63, 3.8) is 0 Å². The van der Waals surface area contributed by atoms with E-state index < -0.39 is 5.60 Å². The normalized spacial score (nSPS) is 24.6. The number of carbonyl (C=O) groups is 1. The zero-order valence-electron chi connectivity index (χ0n) is 12.9. The predicted octanol–water partition coefficient (Wildman–Crippen LogP) is 3.98. The molecule has 0 saturated carbocycles. The summed E-state index contributed by atoms with van der Waals surface area (Å²) in [6.07, 6.45) is 5.99. The Bertz CT molecular complexity index is 580. The first-order chi connectivity index (χ1) is 9.90. The van der Waals surface area contributed by atoms with Crippen LogP contribution in [0.4, 0.5) is 0 Å². The first-order valence-electron chi connectivity index (χ1n) is 7.61. The molecular weight excluding hydrogens is 264 g/mol. The van der Waals surface area contributed by atoms with Crippen molar-refractivity contribution < 1.29 is 14.3 Å². The summed E-state index contributed by atoms with van der Waals surface area (Å²) in [7, 11) is 0. The molecule has 2 atom stereocenters. The first-order valence-corrected chi connectivity index (χ1v) is 7.61. The van der Waals surface area contributed by atoms with Crippen LogP contribution in [-0.4, -0.2) is 23.8 Å². The molecule has 2 aliphatic heterocycles. The van der Waals surface area contributed by atoms with E-state index in [9.17, 15) is 4.79 Å². The van der Waals surface area contributed by atoms with E-state index in [1.165, 1.54) is 5.57 Å². The topological polar surface area (TPSA) is 35.5 Å². The van der Waals surface area contributed by atoms with Gasteiger partial charge in [-0.25, -0.2) is 4.79 Å². The van der Waals surface area contributed by atoms with Gasteiger partial charge in [-0.15, -0.1) is 0 Å². The summed E-state index contributed by atoms with van der Waals surface area (Å²) in [5, 5.41) is 0. The molecule has 0 aromatic heterocycles. The fourth-order valence-corrected chi connectivity index (χ4v) is 2.94. The summed E-state index contributed by atoms with van der Waals surface area (Å²) in [6.45, 7) is 5.65. The van der Waals surface area contributed by atoms with Crippen molar-refractivity contribution >= 4 is 11.5 Å². The molecule has 3 nitrogen and oxygen atoms in total. The lowest BCUT2D eigenvalue weighted by atomic mass is 9.97. The monoisotopic (exact) mass is 286 g/mol. The molecule has 2 bridgehead atoms. The molecular formula is C18H22O3. The number of rotatable bonds is 2. The maximum Gasteiger partial charge on any atom is 0.338 e. The van der Waals surface area contributed by atoms with Crippen LogP contribution >= 0.6 is 0 Å². The number of ether oxygens (including phenoxy) is 2. The van der Waals surface area contributed by atoms with Crippen molar-refractivity contribution in [2.45, 2.75) is 57.8 Å². The van der Waals surface area contributed by atoms with Gasteiger partial charge in [-0.1, -0.05) is 18.2 Å². The minimum Gasteiger partial charge on any atom is -0.456 e. The molecule has 1 aromatic carbocycles. The van der Waals surface area contributed by atoms with Gasteiger partial charge in [0, 0.05) is 0 Å². The van der Waals surface area contributed by atoms with Crippen LogP contribution in [0.2, 0.25) is 0 Å². The highest BCUT2D eigenvalue weighted by molar-refractivity contribution is 5.91. The van der Waals surface area contributed by atoms with Gasteiger partial charge in [-0.05, 0) is 63.3 Å². The maximum absolute atomic E-state index is 12.2. The molecule has 0 radical (unpaired) electrons. The van der Waals surface area contributed by atoms with Crippen molar-refractivity contribution in [1.29, 1.82) is 0 Å². The summed E-state index contributed by atoms with van der Waals surface area (Å²) in [4.78, 5) is 12.2. The summed E-state index contributed by atoms with van der Waals surface area (Å²) in [5.41, 5.74) is 2.55. The lowest BCUT2D eigenvalue weighted by Crippen LogP contribution is -2.24. The minimum atomic E-state index is -0.468. The third-order valence-electron chi connectivity index (χ3n) is 3.84. The molecule has 0 aliphatic carbocycles. The third-order valence-corrected chi connectivity index (χ3v) is 3.84. The Morgan fingerprint density at radius 1 is 1.29 bits per heavy atom. The molecule has 0 amide bonds. The summed E-state index contributed by atoms with van der Waals surface area (Å²) in [6, 6.07) is 7.73. The zero-order chi connectivity index (χ0) is 15.0. The molecule has 1 aromatic rings. The van der Waals surface area contributed by atoms with E-state index >= 15 is 0 Å². The Labute approximate surface area is 125 Å². The quantitative estimate of drug-likeness (QED) is 0.771. The highest BCUT2D eigenvalue weighted by Gasteiger charge is 2.30. The Morgan fingerprint density at radius 2 is 2.10 bits per heavy atom. The van der Waals surface area contributed by atoms with Crippen molar-refractivity contribution in [2.75, 3.05) is 0 Å². The molecule has 1 saturated heterocycles. The van der Waals surface area contributed by atoms with Crippen LogP contribution in [0.5, 0.6) is 0 Å². The van der Waals surface area contributed by atoms with Gasteiger partial charge in [-0.2, -0.15) is 0 Å². The number of fused-ring (bicyclic) bond motifs is 2. The van der Waals surface area contributed by atoms with Crippen LogP contribution in [-0.2, 0) is 9.47 Å². The molecule has 3 heteroatoms. The molecule has 2 heterocycles. The molecule has 2 aliphatic rings. The second-order valence-electron chi connectivity index (χ2n) is 6.85. The lowest BCUT2D eigenvalue weighted by molar-refractivity contribution is 0.00695. The molecule has 0 spiro atoms. The second kappa shape index (κ2) is 5.30. The Kier molecular flexibility index (Phi) is 3.62. The number of hydrogen-bond donors (Lipinski definition) is 0. The summed E-state index contributed by atoms with van der Waals surface area (Å²) >= 11 is 0. The second-order valence-corrected chi connectivity index (χ2v) is 6.85. The summed E-state index contributed by atoms with van der Waals surface area (Å²) < 4.78 is 11.3. The average molecular weight is 286 g/mol. The van der Waals surface area contributed by atoms with E-state index in [-0.39, 0.29) is 12.1 Å². The number of hydrogen-bond acceptors (Lipinski definition) is 3. The van der Waals surface area contributed by atoms with Gasteiger partial charge in [0.15, 0.2) is 0 Å². The van der Waals surface area contributed by atoms with Gasteiger partial charge >= 0.3 is 5.97 Å². The van der Waals surface area contributed by atoms with Crippen molar-refractivity contribution in [3.05, 3.63) is 41.5 Å². The predicted molar refractivity (Wildman–Crippen MR) is 82.1 cm³/mol. The molecule has 112 valence electrons. The van der Waals surface area contributed by atoms with Gasteiger partial charge in [0.2, 0.25) is 0 Å². The number of carbonyl (C=O) groups excluding carboxylic acids is 1. The third kappa shape index (κ3) is 3.35. The van der Waals surface area contributed by atoms with Gasteiger partial charge in [0.25, 0.3) is 0 Å². The van der Waals surface area contributed by atoms with E-state index in [0.717, 1.165) is 24.8 Å². The lowest BCUT2D eigenvalue weighted by Gasteiger charge is -2.22. The van der Waals surface area contributed by atoms with Crippen molar-refractivity contribution in [1.82, 2.24) is 0 Å². The molecule has 21 heavy (non-hydrogen) atoms. The Morgan fingerprint density at radius 3 is 2.81 bits per heavy atom. The fourth-order valence-electron chi connectivity index (χ4n) is 2.94. The van der Waals surface area contributed by atoms with Crippen molar-refractivity contribution in [2.24, 2.45) is 0 Å². The van der Waals surface area contributed by atoms with Gasteiger partial charge in [0.05, 0.1) is 17.8 Å². The average Bonchev–Trinajstić information content (AvgIpc) is 2.76. The molecule has 2 unspecified atom stereocenters. The standard InChI is InChI=1S/C18H22O3/c1-18(2,3)21-17(19)13-6-4-5-12(9-13)14-10-15-7-8-16(11-14)20-15/h4-6,9-10,15-16H,7-8,11H2,1-3H3. The van der Waals surface area contributed by atoms with Crippen molar-refractivity contribution in [3.8, 4) is 0 Å². The van der Waals surface area contributed by atoms with E-state index in [4.69, 9.17) is 9.47 Å². The summed E-state index contributed by atoms with van der Waals surface area (Å²) in [5.74, 6) is -0.264. The van der Waals surface area contributed by atoms with Crippen LogP contribution in [0.25, 0.3) is 5.57 Å². The molecule has 1 fully saturated rings. The zero-order valence-corrected chi connectivity index (χ0v) is 12.9. The van der Waals surface area contributed by atoms with Crippen LogP contribution < -0.4 is 0 Å².